The summed E-state index contributed by atoms with van der Waals surface area (Å²) < 4.78 is 5.65. The Morgan fingerprint density at radius 2 is 2.06 bits per heavy atom. The molecule has 16 heavy (non-hydrogen) atoms. The molecule has 0 aromatic carbocycles. The Morgan fingerprint density at radius 3 is 2.69 bits per heavy atom. The lowest BCUT2D eigenvalue weighted by molar-refractivity contribution is 0.0393. The molecule has 0 unspecified atom stereocenters. The Hall–Kier alpha value is -1.09. The van der Waals surface area contributed by atoms with E-state index in [9.17, 15) is 5.11 Å². The van der Waals surface area contributed by atoms with Gasteiger partial charge in [0.2, 0.25) is 5.88 Å². The minimum Gasteiger partial charge on any atom is -0.475 e. The van der Waals surface area contributed by atoms with Crippen LogP contribution in [0.3, 0.4) is 0 Å². The lowest BCUT2D eigenvalue weighted by Crippen LogP contribution is -2.23. The minimum atomic E-state index is -0.724. The number of hydrogen-bond acceptors (Lipinski definition) is 3. The van der Waals surface area contributed by atoms with E-state index in [1.807, 2.05) is 26.0 Å². The van der Waals surface area contributed by atoms with Crippen molar-refractivity contribution >= 4 is 0 Å². The highest BCUT2D eigenvalue weighted by molar-refractivity contribution is 5.32. The highest BCUT2D eigenvalue weighted by atomic mass is 16.5. The molecule has 1 N–H and O–H groups in total. The second kappa shape index (κ2) is 4.42. The lowest BCUT2D eigenvalue weighted by Gasteiger charge is -2.25. The van der Waals surface area contributed by atoms with E-state index in [0.717, 1.165) is 31.2 Å². The largest absolute Gasteiger partial charge is 0.475 e. The molecule has 0 saturated heterocycles. The molecule has 0 spiro atoms. The van der Waals surface area contributed by atoms with Crippen LogP contribution in [0, 0.1) is 0 Å². The molecule has 1 heterocycles. The molecule has 1 aliphatic rings. The third kappa shape index (κ3) is 2.19. The van der Waals surface area contributed by atoms with Gasteiger partial charge in [-0.15, -0.1) is 0 Å². The topological polar surface area (TPSA) is 42.4 Å². The van der Waals surface area contributed by atoms with Crippen molar-refractivity contribution < 1.29 is 9.84 Å². The minimum absolute atomic E-state index is 0.0821. The molecule has 1 aromatic rings. The summed E-state index contributed by atoms with van der Waals surface area (Å²) in [4.78, 5) is 4.23. The van der Waals surface area contributed by atoms with Crippen LogP contribution in [0.25, 0.3) is 0 Å². The highest BCUT2D eigenvalue weighted by Gasteiger charge is 2.36. The van der Waals surface area contributed by atoms with Crippen LogP contribution in [0.2, 0.25) is 0 Å². The summed E-state index contributed by atoms with van der Waals surface area (Å²) in [6, 6.07) is 3.79. The maximum Gasteiger partial charge on any atom is 0.219 e. The standard InChI is InChI=1S/C13H19NO2/c1-10(2)16-12-11(6-5-9-14-12)13(15)7-3-4-8-13/h5-6,9-10,15H,3-4,7-8H2,1-2H3. The fourth-order valence-electron chi connectivity index (χ4n) is 2.29. The summed E-state index contributed by atoms with van der Waals surface area (Å²) in [5.41, 5.74) is 0.125. The fourth-order valence-corrected chi connectivity index (χ4v) is 2.29. The maximum atomic E-state index is 10.5. The van der Waals surface area contributed by atoms with Gasteiger partial charge in [0.15, 0.2) is 0 Å². The molecule has 0 aliphatic heterocycles. The Bertz CT molecular complexity index is 357. The van der Waals surface area contributed by atoms with E-state index in [1.54, 1.807) is 6.20 Å². The van der Waals surface area contributed by atoms with Crippen LogP contribution in [0.4, 0.5) is 0 Å². The van der Waals surface area contributed by atoms with E-state index >= 15 is 0 Å². The third-order valence-electron chi connectivity index (χ3n) is 3.05. The van der Waals surface area contributed by atoms with Gasteiger partial charge in [0.05, 0.1) is 11.7 Å². The van der Waals surface area contributed by atoms with Gasteiger partial charge in [0, 0.05) is 11.8 Å². The van der Waals surface area contributed by atoms with Crippen LogP contribution in [0.5, 0.6) is 5.88 Å². The van der Waals surface area contributed by atoms with Crippen molar-refractivity contribution in [1.29, 1.82) is 0 Å². The summed E-state index contributed by atoms with van der Waals surface area (Å²) in [6.45, 7) is 3.94. The summed E-state index contributed by atoms with van der Waals surface area (Å²) in [5.74, 6) is 0.585. The third-order valence-corrected chi connectivity index (χ3v) is 3.05. The van der Waals surface area contributed by atoms with Gasteiger partial charge < -0.3 is 9.84 Å². The van der Waals surface area contributed by atoms with Crippen molar-refractivity contribution in [3.63, 3.8) is 0 Å². The second-order valence-corrected chi connectivity index (χ2v) is 4.76. The normalized spacial score (nSPS) is 19.0. The second-order valence-electron chi connectivity index (χ2n) is 4.76. The van der Waals surface area contributed by atoms with Gasteiger partial charge in [-0.2, -0.15) is 0 Å². The van der Waals surface area contributed by atoms with Crippen molar-refractivity contribution in [2.24, 2.45) is 0 Å². The molecule has 0 bridgehead atoms. The average molecular weight is 221 g/mol. The maximum absolute atomic E-state index is 10.5. The molecule has 2 rings (SSSR count). The molecule has 0 atom stereocenters. The summed E-state index contributed by atoms with van der Waals surface area (Å²) in [6.07, 6.45) is 5.57. The number of aromatic nitrogens is 1. The van der Waals surface area contributed by atoms with E-state index in [-0.39, 0.29) is 6.10 Å². The predicted octanol–water partition coefficient (Wildman–Crippen LogP) is 2.63. The molecule has 88 valence electrons. The Kier molecular flexibility index (Phi) is 3.15. The van der Waals surface area contributed by atoms with Crippen molar-refractivity contribution in [3.8, 4) is 5.88 Å². The quantitative estimate of drug-likeness (QED) is 0.853. The molecule has 3 heteroatoms. The molecule has 0 amide bonds. The van der Waals surface area contributed by atoms with Gasteiger partial charge in [-0.05, 0) is 38.8 Å². The van der Waals surface area contributed by atoms with Crippen LogP contribution < -0.4 is 4.74 Å². The first-order chi connectivity index (χ1) is 7.62. The number of nitrogens with zero attached hydrogens (tertiary/aromatic N) is 1. The van der Waals surface area contributed by atoms with Crippen molar-refractivity contribution in [1.82, 2.24) is 4.98 Å². The zero-order valence-corrected chi connectivity index (χ0v) is 9.94. The first-order valence-corrected chi connectivity index (χ1v) is 5.96. The van der Waals surface area contributed by atoms with E-state index in [1.165, 1.54) is 0 Å². The molecule has 1 fully saturated rings. The number of pyridine rings is 1. The van der Waals surface area contributed by atoms with E-state index in [4.69, 9.17) is 4.74 Å². The number of aliphatic hydroxyl groups is 1. The SMILES string of the molecule is CC(C)Oc1ncccc1C1(O)CCCC1. The molecule has 1 saturated carbocycles. The number of rotatable bonds is 3. The number of ether oxygens (including phenoxy) is 1. The van der Waals surface area contributed by atoms with Gasteiger partial charge in [-0.1, -0.05) is 12.8 Å². The molecule has 1 aliphatic carbocycles. The van der Waals surface area contributed by atoms with E-state index in [2.05, 4.69) is 4.98 Å². The predicted molar refractivity (Wildman–Crippen MR) is 62.4 cm³/mol. The van der Waals surface area contributed by atoms with Crippen LogP contribution in [-0.4, -0.2) is 16.2 Å². The monoisotopic (exact) mass is 221 g/mol. The van der Waals surface area contributed by atoms with Crippen LogP contribution >= 0.6 is 0 Å². The van der Waals surface area contributed by atoms with E-state index < -0.39 is 5.60 Å². The van der Waals surface area contributed by atoms with Gasteiger partial charge in [-0.3, -0.25) is 0 Å². The van der Waals surface area contributed by atoms with Gasteiger partial charge in [-0.25, -0.2) is 4.98 Å². The van der Waals surface area contributed by atoms with Crippen molar-refractivity contribution in [2.75, 3.05) is 0 Å². The van der Waals surface area contributed by atoms with Gasteiger partial charge in [0.25, 0.3) is 0 Å². The summed E-state index contributed by atoms with van der Waals surface area (Å²) in [7, 11) is 0. The van der Waals surface area contributed by atoms with Crippen LogP contribution in [0.15, 0.2) is 18.3 Å². The Labute approximate surface area is 96.5 Å². The number of hydrogen-bond donors (Lipinski definition) is 1. The van der Waals surface area contributed by atoms with Gasteiger partial charge in [0.1, 0.15) is 0 Å². The smallest absolute Gasteiger partial charge is 0.219 e. The lowest BCUT2D eigenvalue weighted by atomic mass is 9.93. The summed E-state index contributed by atoms with van der Waals surface area (Å²) in [5, 5.41) is 10.5. The Balaban J connectivity index is 2.32. The van der Waals surface area contributed by atoms with Crippen LogP contribution in [-0.2, 0) is 5.60 Å². The van der Waals surface area contributed by atoms with Gasteiger partial charge >= 0.3 is 0 Å². The molecular weight excluding hydrogens is 202 g/mol. The average Bonchev–Trinajstić information content (AvgIpc) is 2.66. The van der Waals surface area contributed by atoms with Crippen molar-refractivity contribution in [3.05, 3.63) is 23.9 Å². The fraction of sp³-hybridized carbons (Fsp3) is 0.615. The van der Waals surface area contributed by atoms with Crippen molar-refractivity contribution in [2.45, 2.75) is 51.2 Å². The summed E-state index contributed by atoms with van der Waals surface area (Å²) >= 11 is 0. The highest BCUT2D eigenvalue weighted by Crippen LogP contribution is 2.41. The molecule has 1 aromatic heterocycles. The van der Waals surface area contributed by atoms with Crippen LogP contribution in [0.1, 0.15) is 45.1 Å². The first kappa shape index (κ1) is 11.4. The molecular formula is C13H19NO2. The zero-order chi connectivity index (χ0) is 11.6. The van der Waals surface area contributed by atoms with E-state index in [0.29, 0.717) is 5.88 Å². The first-order valence-electron chi connectivity index (χ1n) is 5.96. The zero-order valence-electron chi connectivity index (χ0n) is 9.94. The Morgan fingerprint density at radius 1 is 1.38 bits per heavy atom. The molecule has 0 radical (unpaired) electrons. The molecule has 3 nitrogen and oxygen atoms in total.